The van der Waals surface area contributed by atoms with Crippen molar-refractivity contribution in [3.8, 4) is 0 Å². The molecular weight excluding hydrogens is 262 g/mol. The Kier molecular flexibility index (Phi) is 4.39. The van der Waals surface area contributed by atoms with Crippen molar-refractivity contribution < 1.29 is 14.3 Å². The van der Waals surface area contributed by atoms with Gasteiger partial charge in [-0.1, -0.05) is 6.92 Å². The van der Waals surface area contributed by atoms with Gasteiger partial charge >= 0.3 is 5.97 Å². The maximum atomic E-state index is 10.9. The van der Waals surface area contributed by atoms with Crippen molar-refractivity contribution in [2.24, 2.45) is 0 Å². The molecule has 0 saturated carbocycles. The van der Waals surface area contributed by atoms with Crippen LogP contribution in [0.2, 0.25) is 0 Å². The Labute approximate surface area is 116 Å². The molecule has 0 saturated heterocycles. The summed E-state index contributed by atoms with van der Waals surface area (Å²) >= 11 is 1.74. The number of furan rings is 1. The van der Waals surface area contributed by atoms with E-state index in [0.717, 1.165) is 13.0 Å². The fraction of sp³-hybridized carbons (Fsp3) is 0.357. The molecule has 0 fully saturated rings. The number of carboxylic acid groups (broad SMARTS) is 1. The predicted octanol–water partition coefficient (Wildman–Crippen LogP) is 3.20. The largest absolute Gasteiger partial charge is 0.475 e. The first kappa shape index (κ1) is 13.8. The van der Waals surface area contributed by atoms with Gasteiger partial charge in [-0.2, -0.15) is 0 Å². The Morgan fingerprint density at radius 1 is 1.47 bits per heavy atom. The van der Waals surface area contributed by atoms with Crippen molar-refractivity contribution >= 4 is 17.3 Å². The molecule has 2 aromatic heterocycles. The molecule has 2 rings (SSSR count). The maximum absolute atomic E-state index is 10.9. The van der Waals surface area contributed by atoms with Gasteiger partial charge in [0.2, 0.25) is 5.76 Å². The van der Waals surface area contributed by atoms with Gasteiger partial charge in [-0.05, 0) is 36.4 Å². The van der Waals surface area contributed by atoms with Crippen LogP contribution in [0.1, 0.15) is 39.2 Å². The Hall–Kier alpha value is -1.59. The minimum absolute atomic E-state index is 0.0298. The number of carboxylic acids is 1. The Morgan fingerprint density at radius 2 is 2.26 bits per heavy atom. The van der Waals surface area contributed by atoms with Crippen LogP contribution in [0.3, 0.4) is 0 Å². The number of carbonyl (C=O) groups is 1. The standard InChI is InChI=1S/C14H17NO3S/c1-3-10-4-5-19-12(10)8-15-7-11-6-9(2)13(18-11)14(16)17/h4-6,15H,3,7-8H2,1-2H3,(H,16,17). The summed E-state index contributed by atoms with van der Waals surface area (Å²) in [5, 5.41) is 14.3. The predicted molar refractivity (Wildman–Crippen MR) is 74.6 cm³/mol. The molecule has 19 heavy (non-hydrogen) atoms. The maximum Gasteiger partial charge on any atom is 0.372 e. The molecular formula is C14H17NO3S. The molecule has 2 N–H and O–H groups in total. The van der Waals surface area contributed by atoms with Gasteiger partial charge in [0, 0.05) is 17.0 Å². The molecule has 102 valence electrons. The molecule has 2 aromatic rings. The monoisotopic (exact) mass is 279 g/mol. The van der Waals surface area contributed by atoms with E-state index in [2.05, 4.69) is 23.7 Å². The molecule has 0 spiro atoms. The summed E-state index contributed by atoms with van der Waals surface area (Å²) in [6, 6.07) is 3.91. The van der Waals surface area contributed by atoms with Gasteiger partial charge in [0.05, 0.1) is 6.54 Å². The third kappa shape index (κ3) is 3.24. The van der Waals surface area contributed by atoms with Crippen LogP contribution < -0.4 is 5.32 Å². The van der Waals surface area contributed by atoms with Crippen LogP contribution in [0.4, 0.5) is 0 Å². The first-order valence-corrected chi connectivity index (χ1v) is 7.08. The first-order valence-electron chi connectivity index (χ1n) is 6.20. The number of hydrogen-bond donors (Lipinski definition) is 2. The molecule has 0 aliphatic heterocycles. The van der Waals surface area contributed by atoms with E-state index in [1.807, 2.05) is 0 Å². The van der Waals surface area contributed by atoms with E-state index in [1.54, 1.807) is 24.3 Å². The van der Waals surface area contributed by atoms with Gasteiger partial charge in [0.25, 0.3) is 0 Å². The van der Waals surface area contributed by atoms with Gasteiger partial charge < -0.3 is 14.8 Å². The number of thiophene rings is 1. The zero-order chi connectivity index (χ0) is 13.8. The molecule has 5 heteroatoms. The number of rotatable bonds is 6. The molecule has 0 radical (unpaired) electrons. The third-order valence-electron chi connectivity index (χ3n) is 2.97. The second-order valence-corrected chi connectivity index (χ2v) is 5.36. The highest BCUT2D eigenvalue weighted by molar-refractivity contribution is 7.10. The summed E-state index contributed by atoms with van der Waals surface area (Å²) in [6.07, 6.45) is 1.03. The fourth-order valence-corrected chi connectivity index (χ4v) is 2.93. The summed E-state index contributed by atoms with van der Waals surface area (Å²) in [4.78, 5) is 12.2. The van der Waals surface area contributed by atoms with Gasteiger partial charge in [-0.15, -0.1) is 11.3 Å². The molecule has 0 bridgehead atoms. The van der Waals surface area contributed by atoms with Crippen molar-refractivity contribution in [2.45, 2.75) is 33.4 Å². The molecule has 4 nitrogen and oxygen atoms in total. The van der Waals surface area contributed by atoms with Crippen molar-refractivity contribution in [3.63, 3.8) is 0 Å². The minimum atomic E-state index is -1.02. The van der Waals surface area contributed by atoms with Gasteiger partial charge in [0.15, 0.2) is 0 Å². The highest BCUT2D eigenvalue weighted by Gasteiger charge is 2.14. The molecule has 0 aliphatic carbocycles. The van der Waals surface area contributed by atoms with E-state index in [-0.39, 0.29) is 5.76 Å². The van der Waals surface area contributed by atoms with Crippen molar-refractivity contribution in [1.29, 1.82) is 0 Å². The van der Waals surface area contributed by atoms with Crippen LogP contribution in [-0.2, 0) is 19.5 Å². The molecule has 0 unspecified atom stereocenters. The zero-order valence-electron chi connectivity index (χ0n) is 11.0. The van der Waals surface area contributed by atoms with Crippen LogP contribution in [0.5, 0.6) is 0 Å². The first-order chi connectivity index (χ1) is 9.11. The van der Waals surface area contributed by atoms with E-state index in [0.29, 0.717) is 17.9 Å². The average molecular weight is 279 g/mol. The Bertz CT molecular complexity index is 571. The fourth-order valence-electron chi connectivity index (χ4n) is 1.98. The molecule has 0 aromatic carbocycles. The molecule has 0 amide bonds. The van der Waals surface area contributed by atoms with Crippen molar-refractivity contribution in [2.75, 3.05) is 0 Å². The summed E-state index contributed by atoms with van der Waals surface area (Å²) in [7, 11) is 0. The second kappa shape index (κ2) is 6.04. The molecule has 0 atom stereocenters. The smallest absolute Gasteiger partial charge is 0.372 e. The van der Waals surface area contributed by atoms with Crippen molar-refractivity contribution in [3.05, 3.63) is 45.0 Å². The van der Waals surface area contributed by atoms with Crippen LogP contribution in [-0.4, -0.2) is 11.1 Å². The Balaban J connectivity index is 1.93. The third-order valence-corrected chi connectivity index (χ3v) is 3.93. The number of nitrogens with one attached hydrogen (secondary N) is 1. The van der Waals surface area contributed by atoms with E-state index in [4.69, 9.17) is 9.52 Å². The zero-order valence-corrected chi connectivity index (χ0v) is 11.8. The lowest BCUT2D eigenvalue weighted by molar-refractivity contribution is 0.0659. The average Bonchev–Trinajstić information content (AvgIpc) is 2.95. The van der Waals surface area contributed by atoms with E-state index in [1.165, 1.54) is 10.4 Å². The topological polar surface area (TPSA) is 62.5 Å². The molecule has 2 heterocycles. The SMILES string of the molecule is CCc1ccsc1CNCc1cc(C)c(C(=O)O)o1. The molecule has 0 aliphatic rings. The van der Waals surface area contributed by atoms with E-state index in [9.17, 15) is 4.79 Å². The van der Waals surface area contributed by atoms with E-state index < -0.39 is 5.97 Å². The summed E-state index contributed by atoms with van der Waals surface area (Å²) in [6.45, 7) is 5.20. The van der Waals surface area contributed by atoms with Crippen LogP contribution in [0.15, 0.2) is 21.9 Å². The highest BCUT2D eigenvalue weighted by Crippen LogP contribution is 2.18. The number of aryl methyl sites for hydroxylation is 2. The minimum Gasteiger partial charge on any atom is -0.475 e. The van der Waals surface area contributed by atoms with Crippen LogP contribution in [0, 0.1) is 6.92 Å². The normalized spacial score (nSPS) is 10.8. The van der Waals surface area contributed by atoms with Crippen LogP contribution >= 0.6 is 11.3 Å². The van der Waals surface area contributed by atoms with Gasteiger partial charge in [-0.3, -0.25) is 0 Å². The Morgan fingerprint density at radius 3 is 2.89 bits per heavy atom. The lowest BCUT2D eigenvalue weighted by atomic mass is 10.2. The quantitative estimate of drug-likeness (QED) is 0.852. The highest BCUT2D eigenvalue weighted by atomic mass is 32.1. The van der Waals surface area contributed by atoms with Crippen LogP contribution in [0.25, 0.3) is 0 Å². The summed E-state index contributed by atoms with van der Waals surface area (Å²) < 4.78 is 5.29. The number of hydrogen-bond acceptors (Lipinski definition) is 4. The second-order valence-electron chi connectivity index (χ2n) is 4.36. The lowest BCUT2D eigenvalue weighted by Crippen LogP contribution is -2.12. The lowest BCUT2D eigenvalue weighted by Gasteiger charge is -2.03. The van der Waals surface area contributed by atoms with Crippen molar-refractivity contribution in [1.82, 2.24) is 5.32 Å². The van der Waals surface area contributed by atoms with Gasteiger partial charge in [-0.25, -0.2) is 4.79 Å². The number of aromatic carboxylic acids is 1. The summed E-state index contributed by atoms with van der Waals surface area (Å²) in [5.41, 5.74) is 2.02. The summed E-state index contributed by atoms with van der Waals surface area (Å²) in [5.74, 6) is -0.332. The van der Waals surface area contributed by atoms with Gasteiger partial charge in [0.1, 0.15) is 5.76 Å². The van der Waals surface area contributed by atoms with E-state index >= 15 is 0 Å².